The summed E-state index contributed by atoms with van der Waals surface area (Å²) in [7, 11) is 1.86. The number of aromatic nitrogens is 1. The van der Waals surface area contributed by atoms with Gasteiger partial charge in [-0.2, -0.15) is 5.26 Å². The Hall–Kier alpha value is -2.21. The molecule has 2 aromatic rings. The molecule has 0 aliphatic carbocycles. The van der Waals surface area contributed by atoms with Gasteiger partial charge in [-0.15, -0.1) is 0 Å². The van der Waals surface area contributed by atoms with E-state index in [1.165, 1.54) is 0 Å². The van der Waals surface area contributed by atoms with Crippen molar-refractivity contribution < 1.29 is 0 Å². The summed E-state index contributed by atoms with van der Waals surface area (Å²) >= 11 is 0. The first kappa shape index (κ1) is 9.35. The third kappa shape index (κ3) is 1.70. The molecule has 3 heteroatoms. The highest BCUT2D eigenvalue weighted by atomic mass is 14.9. The normalized spacial score (nSPS) is 9.60. The molecule has 0 saturated carbocycles. The maximum atomic E-state index is 9.00. The number of hydrogen-bond donors (Lipinski definition) is 1. The highest BCUT2D eigenvalue weighted by molar-refractivity contribution is 5.58. The van der Waals surface area contributed by atoms with Gasteiger partial charge in [0.1, 0.15) is 6.07 Å². The second kappa shape index (κ2) is 3.89. The van der Waals surface area contributed by atoms with E-state index in [9.17, 15) is 0 Å². The molecule has 74 valence electrons. The van der Waals surface area contributed by atoms with E-state index in [1.807, 2.05) is 54.3 Å². The van der Waals surface area contributed by atoms with E-state index in [2.05, 4.69) is 11.4 Å². The van der Waals surface area contributed by atoms with Gasteiger partial charge in [0.25, 0.3) is 0 Å². The van der Waals surface area contributed by atoms with E-state index in [4.69, 9.17) is 5.26 Å². The second-order valence-corrected chi connectivity index (χ2v) is 3.18. The zero-order valence-corrected chi connectivity index (χ0v) is 8.44. The van der Waals surface area contributed by atoms with Crippen LogP contribution in [0.1, 0.15) is 5.56 Å². The molecule has 2 rings (SSSR count). The molecule has 1 aromatic heterocycles. The summed E-state index contributed by atoms with van der Waals surface area (Å²) in [5.74, 6) is 0. The molecule has 15 heavy (non-hydrogen) atoms. The molecule has 0 unspecified atom stereocenters. The van der Waals surface area contributed by atoms with Gasteiger partial charge in [0.05, 0.1) is 11.3 Å². The van der Waals surface area contributed by atoms with Crippen molar-refractivity contribution >= 4 is 5.69 Å². The topological polar surface area (TPSA) is 40.8 Å². The van der Waals surface area contributed by atoms with Crippen LogP contribution in [0.25, 0.3) is 5.69 Å². The number of benzene rings is 1. The summed E-state index contributed by atoms with van der Waals surface area (Å²) in [6.45, 7) is 0. The standard InChI is InChI=1S/C12H11N3/c1-14-11-5-4-10(9-13)12(8-11)15-6-2-3-7-15/h2-8,14H,1H3. The van der Waals surface area contributed by atoms with Gasteiger partial charge in [0.2, 0.25) is 0 Å². The van der Waals surface area contributed by atoms with Crippen molar-refractivity contribution in [3.8, 4) is 11.8 Å². The molecule has 3 nitrogen and oxygen atoms in total. The molecule has 1 N–H and O–H groups in total. The van der Waals surface area contributed by atoms with Crippen molar-refractivity contribution in [1.82, 2.24) is 4.57 Å². The Bertz CT molecular complexity index is 492. The fraction of sp³-hybridized carbons (Fsp3) is 0.0833. The quantitative estimate of drug-likeness (QED) is 0.803. The first-order valence-electron chi connectivity index (χ1n) is 4.70. The molecule has 0 amide bonds. The third-order valence-corrected chi connectivity index (χ3v) is 2.29. The van der Waals surface area contributed by atoms with Crippen LogP contribution in [0.3, 0.4) is 0 Å². The maximum Gasteiger partial charge on any atom is 0.101 e. The molecule has 0 radical (unpaired) electrons. The minimum absolute atomic E-state index is 0.671. The van der Waals surface area contributed by atoms with Crippen molar-refractivity contribution in [3.63, 3.8) is 0 Å². The molecular weight excluding hydrogens is 186 g/mol. The predicted octanol–water partition coefficient (Wildman–Crippen LogP) is 2.39. The van der Waals surface area contributed by atoms with Crippen molar-refractivity contribution in [2.45, 2.75) is 0 Å². The van der Waals surface area contributed by atoms with Gasteiger partial charge in [-0.05, 0) is 30.3 Å². The van der Waals surface area contributed by atoms with Crippen LogP contribution in [0, 0.1) is 11.3 Å². The molecule has 1 heterocycles. The minimum atomic E-state index is 0.671. The lowest BCUT2D eigenvalue weighted by atomic mass is 10.1. The summed E-state index contributed by atoms with van der Waals surface area (Å²) < 4.78 is 1.93. The fourth-order valence-corrected chi connectivity index (χ4v) is 1.49. The summed E-state index contributed by atoms with van der Waals surface area (Å²) in [4.78, 5) is 0. The summed E-state index contributed by atoms with van der Waals surface area (Å²) in [5.41, 5.74) is 2.57. The van der Waals surface area contributed by atoms with E-state index in [1.54, 1.807) is 0 Å². The molecule has 1 aromatic carbocycles. The Kier molecular flexibility index (Phi) is 2.42. The highest BCUT2D eigenvalue weighted by Gasteiger charge is 2.03. The average molecular weight is 197 g/mol. The first-order chi connectivity index (χ1) is 7.35. The lowest BCUT2D eigenvalue weighted by Gasteiger charge is -2.08. The molecule has 0 fully saturated rings. The van der Waals surface area contributed by atoms with Crippen LogP contribution in [0.2, 0.25) is 0 Å². The molecule has 0 bridgehead atoms. The van der Waals surface area contributed by atoms with Crippen LogP contribution in [0.15, 0.2) is 42.7 Å². The van der Waals surface area contributed by atoms with Gasteiger partial charge >= 0.3 is 0 Å². The predicted molar refractivity (Wildman–Crippen MR) is 60.0 cm³/mol. The van der Waals surface area contributed by atoms with Gasteiger partial charge in [-0.3, -0.25) is 0 Å². The largest absolute Gasteiger partial charge is 0.388 e. The van der Waals surface area contributed by atoms with Crippen molar-refractivity contribution in [3.05, 3.63) is 48.3 Å². The smallest absolute Gasteiger partial charge is 0.101 e. The van der Waals surface area contributed by atoms with Crippen molar-refractivity contribution in [2.24, 2.45) is 0 Å². The second-order valence-electron chi connectivity index (χ2n) is 3.18. The van der Waals surface area contributed by atoms with Crippen LogP contribution in [0.5, 0.6) is 0 Å². The van der Waals surface area contributed by atoms with E-state index in [-0.39, 0.29) is 0 Å². The zero-order chi connectivity index (χ0) is 10.7. The number of hydrogen-bond acceptors (Lipinski definition) is 2. The number of nitrogens with zero attached hydrogens (tertiary/aromatic N) is 2. The van der Waals surface area contributed by atoms with Crippen LogP contribution in [0.4, 0.5) is 5.69 Å². The Labute approximate surface area is 88.6 Å². The summed E-state index contributed by atoms with van der Waals surface area (Å²) in [6, 6.07) is 11.7. The molecular formula is C12H11N3. The summed E-state index contributed by atoms with van der Waals surface area (Å²) in [5, 5.41) is 12.1. The van der Waals surface area contributed by atoms with Gasteiger partial charge < -0.3 is 9.88 Å². The van der Waals surface area contributed by atoms with Crippen LogP contribution in [-0.4, -0.2) is 11.6 Å². The van der Waals surface area contributed by atoms with E-state index >= 15 is 0 Å². The number of nitrogens with one attached hydrogen (secondary N) is 1. The zero-order valence-electron chi connectivity index (χ0n) is 8.44. The molecule has 0 aliphatic rings. The van der Waals surface area contributed by atoms with Crippen molar-refractivity contribution in [2.75, 3.05) is 12.4 Å². The molecule has 0 saturated heterocycles. The van der Waals surface area contributed by atoms with Gasteiger partial charge in [-0.25, -0.2) is 0 Å². The Morgan fingerprint density at radius 1 is 1.27 bits per heavy atom. The van der Waals surface area contributed by atoms with Crippen LogP contribution < -0.4 is 5.32 Å². The lowest BCUT2D eigenvalue weighted by Crippen LogP contribution is -1.96. The SMILES string of the molecule is CNc1ccc(C#N)c(-n2cccc2)c1. The molecule has 0 spiro atoms. The number of rotatable bonds is 2. The van der Waals surface area contributed by atoms with E-state index < -0.39 is 0 Å². The third-order valence-electron chi connectivity index (χ3n) is 2.29. The minimum Gasteiger partial charge on any atom is -0.388 e. The monoisotopic (exact) mass is 197 g/mol. The highest BCUT2D eigenvalue weighted by Crippen LogP contribution is 2.19. The van der Waals surface area contributed by atoms with Gasteiger partial charge in [0, 0.05) is 25.1 Å². The lowest BCUT2D eigenvalue weighted by molar-refractivity contribution is 1.07. The van der Waals surface area contributed by atoms with Crippen molar-refractivity contribution in [1.29, 1.82) is 5.26 Å². The maximum absolute atomic E-state index is 9.00. The summed E-state index contributed by atoms with van der Waals surface area (Å²) in [6.07, 6.45) is 3.85. The average Bonchev–Trinajstić information content (AvgIpc) is 2.81. The van der Waals surface area contributed by atoms with Gasteiger partial charge in [0.15, 0.2) is 0 Å². The van der Waals surface area contributed by atoms with Gasteiger partial charge in [-0.1, -0.05) is 0 Å². The molecule has 0 atom stereocenters. The fourth-order valence-electron chi connectivity index (χ4n) is 1.49. The van der Waals surface area contributed by atoms with E-state index in [0.29, 0.717) is 5.56 Å². The van der Waals surface area contributed by atoms with Crippen LogP contribution >= 0.6 is 0 Å². The Balaban J connectivity index is 2.58. The first-order valence-corrected chi connectivity index (χ1v) is 4.70. The Morgan fingerprint density at radius 2 is 2.00 bits per heavy atom. The van der Waals surface area contributed by atoms with Crippen LogP contribution in [-0.2, 0) is 0 Å². The number of anilines is 1. The molecule has 0 aliphatic heterocycles. The van der Waals surface area contributed by atoms with E-state index in [0.717, 1.165) is 11.4 Å². The Morgan fingerprint density at radius 3 is 2.60 bits per heavy atom. The number of nitriles is 1.